The van der Waals surface area contributed by atoms with Gasteiger partial charge in [0.1, 0.15) is 11.6 Å². The summed E-state index contributed by atoms with van der Waals surface area (Å²) in [5, 5.41) is 8.21. The van der Waals surface area contributed by atoms with Crippen LogP contribution in [0.4, 0.5) is 4.39 Å². The normalized spacial score (nSPS) is 9.14. The monoisotopic (exact) mass is 193 g/mol. The molecular weight excluding hydrogens is 185 g/mol. The number of hydrogen-bond acceptors (Lipinski definition) is 3. The predicted octanol–water partition coefficient (Wildman–Crippen LogP) is 2.03. The first kappa shape index (κ1) is 10.2. The number of halogens is 1. The van der Waals surface area contributed by atoms with Gasteiger partial charge in [0.2, 0.25) is 0 Å². The Hall–Kier alpha value is -1.89. The number of hydrogen-bond donors (Lipinski definition) is 0. The van der Waals surface area contributed by atoms with Crippen LogP contribution in [-0.2, 0) is 4.79 Å². The van der Waals surface area contributed by atoms with Crippen molar-refractivity contribution in [2.24, 2.45) is 0 Å². The van der Waals surface area contributed by atoms with E-state index in [0.717, 1.165) is 0 Å². The zero-order valence-electron chi connectivity index (χ0n) is 7.37. The highest BCUT2D eigenvalue weighted by Gasteiger charge is 2.03. The highest BCUT2D eigenvalue weighted by molar-refractivity contribution is 5.72. The van der Waals surface area contributed by atoms with Crippen LogP contribution in [0.5, 0.6) is 5.75 Å². The van der Waals surface area contributed by atoms with Gasteiger partial charge in [-0.1, -0.05) is 0 Å². The van der Waals surface area contributed by atoms with Gasteiger partial charge in [-0.05, 0) is 24.3 Å². The van der Waals surface area contributed by atoms with Crippen molar-refractivity contribution in [3.05, 3.63) is 30.1 Å². The second-order valence-electron chi connectivity index (χ2n) is 2.59. The quantitative estimate of drug-likeness (QED) is 0.545. The number of nitrogens with zero attached hydrogens (tertiary/aromatic N) is 1. The second-order valence-corrected chi connectivity index (χ2v) is 2.59. The first-order valence-corrected chi connectivity index (χ1v) is 4.05. The van der Waals surface area contributed by atoms with Gasteiger partial charge in [0.25, 0.3) is 0 Å². The summed E-state index contributed by atoms with van der Waals surface area (Å²) in [4.78, 5) is 11.0. The number of carbonyl (C=O) groups is 1. The summed E-state index contributed by atoms with van der Waals surface area (Å²) >= 11 is 0. The molecule has 0 aliphatic rings. The van der Waals surface area contributed by atoms with E-state index in [9.17, 15) is 9.18 Å². The highest BCUT2D eigenvalue weighted by Crippen LogP contribution is 2.11. The lowest BCUT2D eigenvalue weighted by Crippen LogP contribution is -2.06. The minimum atomic E-state index is -0.488. The number of esters is 1. The van der Waals surface area contributed by atoms with Gasteiger partial charge in [0.15, 0.2) is 0 Å². The molecule has 0 amide bonds. The Balaban J connectivity index is 2.49. The van der Waals surface area contributed by atoms with E-state index in [1.807, 2.05) is 6.07 Å². The Labute approximate surface area is 80.7 Å². The largest absolute Gasteiger partial charge is 0.427 e. The number of carbonyl (C=O) groups excluding carboxylic acids is 1. The van der Waals surface area contributed by atoms with Gasteiger partial charge in [-0.3, -0.25) is 4.79 Å². The van der Waals surface area contributed by atoms with Crippen LogP contribution in [0.2, 0.25) is 0 Å². The van der Waals surface area contributed by atoms with Crippen LogP contribution in [0.1, 0.15) is 12.8 Å². The van der Waals surface area contributed by atoms with E-state index >= 15 is 0 Å². The summed E-state index contributed by atoms with van der Waals surface area (Å²) in [6, 6.07) is 6.96. The maximum atomic E-state index is 12.4. The zero-order chi connectivity index (χ0) is 10.4. The first-order valence-electron chi connectivity index (χ1n) is 4.05. The van der Waals surface area contributed by atoms with Crippen molar-refractivity contribution in [1.82, 2.24) is 0 Å². The Bertz CT molecular complexity index is 353. The molecule has 0 unspecified atom stereocenters. The molecule has 1 rings (SSSR count). The minimum absolute atomic E-state index is 0.0495. The molecule has 0 bridgehead atoms. The van der Waals surface area contributed by atoms with Gasteiger partial charge in [0.05, 0.1) is 12.5 Å². The third-order valence-corrected chi connectivity index (χ3v) is 1.49. The van der Waals surface area contributed by atoms with Crippen LogP contribution in [0, 0.1) is 17.1 Å². The zero-order valence-corrected chi connectivity index (χ0v) is 7.37. The molecule has 4 heteroatoms. The summed E-state index contributed by atoms with van der Waals surface area (Å²) in [6.07, 6.45) is 0.175. The van der Waals surface area contributed by atoms with E-state index in [2.05, 4.69) is 0 Å². The summed E-state index contributed by atoms with van der Waals surface area (Å²) in [5.74, 6) is -0.589. The molecule has 0 heterocycles. The second kappa shape index (κ2) is 4.97. The van der Waals surface area contributed by atoms with E-state index in [1.54, 1.807) is 0 Å². The van der Waals surface area contributed by atoms with E-state index < -0.39 is 5.97 Å². The molecule has 0 atom stereocenters. The predicted molar refractivity (Wildman–Crippen MR) is 46.9 cm³/mol. The molecule has 0 spiro atoms. The maximum absolute atomic E-state index is 12.4. The minimum Gasteiger partial charge on any atom is -0.427 e. The van der Waals surface area contributed by atoms with Crippen molar-refractivity contribution in [2.45, 2.75) is 12.8 Å². The van der Waals surface area contributed by atoms with Crippen molar-refractivity contribution in [3.8, 4) is 11.8 Å². The molecule has 0 radical (unpaired) electrons. The lowest BCUT2D eigenvalue weighted by atomic mass is 10.3. The van der Waals surface area contributed by atoms with Crippen LogP contribution in [0.25, 0.3) is 0 Å². The number of rotatable bonds is 3. The fraction of sp³-hybridized carbons (Fsp3) is 0.200. The molecule has 0 fully saturated rings. The van der Waals surface area contributed by atoms with Crippen molar-refractivity contribution in [1.29, 1.82) is 5.26 Å². The van der Waals surface area contributed by atoms with Crippen molar-refractivity contribution < 1.29 is 13.9 Å². The molecule has 3 nitrogen and oxygen atoms in total. The Morgan fingerprint density at radius 3 is 2.64 bits per heavy atom. The van der Waals surface area contributed by atoms with Crippen molar-refractivity contribution in [2.75, 3.05) is 0 Å². The summed E-state index contributed by atoms with van der Waals surface area (Å²) in [5.41, 5.74) is 0. The van der Waals surface area contributed by atoms with Gasteiger partial charge in [-0.2, -0.15) is 5.26 Å². The van der Waals surface area contributed by atoms with Crippen LogP contribution >= 0.6 is 0 Å². The Morgan fingerprint density at radius 2 is 2.07 bits per heavy atom. The van der Waals surface area contributed by atoms with Crippen molar-refractivity contribution in [3.63, 3.8) is 0 Å². The van der Waals surface area contributed by atoms with Gasteiger partial charge in [0, 0.05) is 6.42 Å². The Morgan fingerprint density at radius 1 is 1.43 bits per heavy atom. The molecule has 0 aliphatic carbocycles. The molecule has 0 aliphatic heterocycles. The smallest absolute Gasteiger partial charge is 0.312 e. The molecule has 14 heavy (non-hydrogen) atoms. The standard InChI is InChI=1S/C10H8FNO2/c11-8-3-5-9(6-4-8)14-10(13)2-1-7-12/h3-6H,1-2H2. The SMILES string of the molecule is N#CCCC(=O)Oc1ccc(F)cc1. The van der Waals surface area contributed by atoms with E-state index in [1.165, 1.54) is 24.3 Å². The molecule has 0 aromatic heterocycles. The molecule has 0 saturated heterocycles. The topological polar surface area (TPSA) is 50.1 Å². The van der Waals surface area contributed by atoms with Gasteiger partial charge >= 0.3 is 5.97 Å². The fourth-order valence-electron chi connectivity index (χ4n) is 0.843. The number of ether oxygens (including phenoxy) is 1. The Kier molecular flexibility index (Phi) is 3.62. The average Bonchev–Trinajstić information content (AvgIpc) is 2.18. The lowest BCUT2D eigenvalue weighted by Gasteiger charge is -2.01. The number of benzene rings is 1. The van der Waals surface area contributed by atoms with Crippen LogP contribution in [-0.4, -0.2) is 5.97 Å². The highest BCUT2D eigenvalue weighted by atomic mass is 19.1. The van der Waals surface area contributed by atoms with Gasteiger partial charge in [-0.25, -0.2) is 4.39 Å². The van der Waals surface area contributed by atoms with Crippen LogP contribution < -0.4 is 4.74 Å². The maximum Gasteiger partial charge on any atom is 0.312 e. The molecule has 0 N–H and O–H groups in total. The van der Waals surface area contributed by atoms with E-state index in [4.69, 9.17) is 10.00 Å². The first-order chi connectivity index (χ1) is 6.72. The number of nitriles is 1. The molecule has 0 saturated carbocycles. The van der Waals surface area contributed by atoms with Crippen LogP contribution in [0.3, 0.4) is 0 Å². The molecular formula is C10H8FNO2. The average molecular weight is 193 g/mol. The summed E-state index contributed by atoms with van der Waals surface area (Å²) < 4.78 is 17.3. The third-order valence-electron chi connectivity index (χ3n) is 1.49. The van der Waals surface area contributed by atoms with E-state index in [0.29, 0.717) is 0 Å². The summed E-state index contributed by atoms with van der Waals surface area (Å²) in [7, 11) is 0. The molecule has 1 aromatic carbocycles. The summed E-state index contributed by atoms with van der Waals surface area (Å²) in [6.45, 7) is 0. The van der Waals surface area contributed by atoms with Gasteiger partial charge in [-0.15, -0.1) is 0 Å². The lowest BCUT2D eigenvalue weighted by molar-refractivity contribution is -0.134. The van der Waals surface area contributed by atoms with Gasteiger partial charge < -0.3 is 4.74 Å². The molecule has 72 valence electrons. The third kappa shape index (κ3) is 3.23. The fourth-order valence-corrected chi connectivity index (χ4v) is 0.843. The molecule has 1 aromatic rings. The van der Waals surface area contributed by atoms with Crippen molar-refractivity contribution >= 4 is 5.97 Å². The van der Waals surface area contributed by atoms with Crippen LogP contribution in [0.15, 0.2) is 24.3 Å². The van der Waals surface area contributed by atoms with E-state index in [-0.39, 0.29) is 24.4 Å².